The number of rotatable bonds is 3. The molecular formula is C13H13Cl2NO3. The molecule has 0 bridgehead atoms. The Labute approximate surface area is 120 Å². The molecule has 0 aromatic heterocycles. The maximum absolute atomic E-state index is 11.9. The maximum atomic E-state index is 11.9. The molecule has 1 heterocycles. The molecule has 1 aromatic carbocycles. The molecule has 4 nitrogen and oxygen atoms in total. The third-order valence-corrected chi connectivity index (χ3v) is 4.04. The number of hydrogen-bond donors (Lipinski definition) is 1. The average molecular weight is 302 g/mol. The number of carboxylic acids is 1. The molecule has 1 amide bonds. The number of aliphatic carboxylic acids is 1. The first-order chi connectivity index (χ1) is 8.97. The Kier molecular flexibility index (Phi) is 4.02. The summed E-state index contributed by atoms with van der Waals surface area (Å²) < 4.78 is 0. The molecule has 2 unspecified atom stereocenters. The molecule has 1 aromatic rings. The van der Waals surface area contributed by atoms with Gasteiger partial charge in [-0.05, 0) is 19.1 Å². The third-order valence-electron chi connectivity index (χ3n) is 3.39. The van der Waals surface area contributed by atoms with Crippen molar-refractivity contribution in [3.05, 3.63) is 33.8 Å². The van der Waals surface area contributed by atoms with E-state index in [1.807, 2.05) is 0 Å². The molecule has 0 aliphatic carbocycles. The fourth-order valence-corrected chi connectivity index (χ4v) is 3.16. The van der Waals surface area contributed by atoms with Crippen LogP contribution in [0.25, 0.3) is 0 Å². The minimum absolute atomic E-state index is 0.0185. The molecule has 2 atom stereocenters. The Morgan fingerprint density at radius 1 is 1.42 bits per heavy atom. The van der Waals surface area contributed by atoms with Crippen molar-refractivity contribution in [2.24, 2.45) is 5.92 Å². The van der Waals surface area contributed by atoms with E-state index >= 15 is 0 Å². The fourth-order valence-electron chi connectivity index (χ4n) is 2.54. The zero-order valence-corrected chi connectivity index (χ0v) is 11.8. The van der Waals surface area contributed by atoms with Crippen LogP contribution in [-0.4, -0.2) is 28.4 Å². The van der Waals surface area contributed by atoms with Gasteiger partial charge in [0.05, 0.1) is 12.0 Å². The largest absolute Gasteiger partial charge is 0.481 e. The van der Waals surface area contributed by atoms with Crippen molar-refractivity contribution >= 4 is 35.1 Å². The summed E-state index contributed by atoms with van der Waals surface area (Å²) in [5.41, 5.74) is 0.519. The van der Waals surface area contributed by atoms with Crippen molar-refractivity contribution in [1.82, 2.24) is 4.90 Å². The van der Waals surface area contributed by atoms with Gasteiger partial charge in [0, 0.05) is 28.6 Å². The number of benzene rings is 1. The first kappa shape index (κ1) is 14.2. The maximum Gasteiger partial charge on any atom is 0.309 e. The Morgan fingerprint density at radius 2 is 2.00 bits per heavy atom. The van der Waals surface area contributed by atoms with Crippen molar-refractivity contribution in [2.75, 3.05) is 6.54 Å². The van der Waals surface area contributed by atoms with Crippen LogP contribution in [0, 0.1) is 5.92 Å². The van der Waals surface area contributed by atoms with Gasteiger partial charge in [-0.3, -0.25) is 9.59 Å². The molecule has 1 fully saturated rings. The number of nitrogens with zero attached hydrogens (tertiary/aromatic N) is 1. The standard InChI is InChI=1S/C13H13Cl2NO3/c1-2-16-10(17)6-7(13(18)19)12(16)11-8(14)4-3-5-9(11)15/h3-5,7,12H,2,6H2,1H3,(H,18,19). The molecule has 0 spiro atoms. The van der Waals surface area contributed by atoms with E-state index in [0.29, 0.717) is 22.2 Å². The Morgan fingerprint density at radius 3 is 2.47 bits per heavy atom. The molecule has 1 aliphatic heterocycles. The lowest BCUT2D eigenvalue weighted by molar-refractivity contribution is -0.142. The predicted octanol–water partition coefficient (Wildman–Crippen LogP) is 2.99. The lowest BCUT2D eigenvalue weighted by atomic mass is 9.93. The van der Waals surface area contributed by atoms with Crippen molar-refractivity contribution in [3.8, 4) is 0 Å². The van der Waals surface area contributed by atoms with E-state index < -0.39 is 17.9 Å². The van der Waals surface area contributed by atoms with Gasteiger partial charge in [-0.25, -0.2) is 0 Å². The highest BCUT2D eigenvalue weighted by Crippen LogP contribution is 2.43. The highest BCUT2D eigenvalue weighted by atomic mass is 35.5. The van der Waals surface area contributed by atoms with E-state index in [1.165, 1.54) is 4.90 Å². The quantitative estimate of drug-likeness (QED) is 0.934. The molecule has 2 rings (SSSR count). The zero-order chi connectivity index (χ0) is 14.2. The van der Waals surface area contributed by atoms with Crippen LogP contribution in [0.1, 0.15) is 24.9 Å². The van der Waals surface area contributed by atoms with Crippen molar-refractivity contribution in [1.29, 1.82) is 0 Å². The highest BCUT2D eigenvalue weighted by molar-refractivity contribution is 6.36. The lowest BCUT2D eigenvalue weighted by Crippen LogP contribution is -2.30. The normalized spacial score (nSPS) is 22.9. The average Bonchev–Trinajstić information content (AvgIpc) is 2.66. The topological polar surface area (TPSA) is 57.6 Å². The lowest BCUT2D eigenvalue weighted by Gasteiger charge is -2.27. The molecule has 1 saturated heterocycles. The second kappa shape index (κ2) is 5.39. The van der Waals surface area contributed by atoms with Crippen LogP contribution in [0.2, 0.25) is 10.0 Å². The second-order valence-corrected chi connectivity index (χ2v) is 5.22. The van der Waals surface area contributed by atoms with Crippen LogP contribution in [0.5, 0.6) is 0 Å². The number of amides is 1. The number of carbonyl (C=O) groups excluding carboxylic acids is 1. The summed E-state index contributed by atoms with van der Waals surface area (Å²) in [5.74, 6) is -2.01. The van der Waals surface area contributed by atoms with E-state index in [4.69, 9.17) is 23.2 Å². The summed E-state index contributed by atoms with van der Waals surface area (Å²) in [6, 6.07) is 4.39. The van der Waals surface area contributed by atoms with Gasteiger partial charge in [-0.2, -0.15) is 0 Å². The molecular weight excluding hydrogens is 289 g/mol. The fraction of sp³-hybridized carbons (Fsp3) is 0.385. The molecule has 0 saturated carbocycles. The van der Waals surface area contributed by atoms with Gasteiger partial charge in [0.2, 0.25) is 5.91 Å². The smallest absolute Gasteiger partial charge is 0.309 e. The Bertz CT molecular complexity index is 512. The number of carbonyl (C=O) groups is 2. The van der Waals surface area contributed by atoms with Crippen molar-refractivity contribution in [2.45, 2.75) is 19.4 Å². The van der Waals surface area contributed by atoms with E-state index in [1.54, 1.807) is 25.1 Å². The minimum atomic E-state index is -1.01. The second-order valence-electron chi connectivity index (χ2n) is 4.41. The van der Waals surface area contributed by atoms with Gasteiger partial charge in [0.1, 0.15) is 0 Å². The minimum Gasteiger partial charge on any atom is -0.481 e. The molecule has 1 N–H and O–H groups in total. The van der Waals surface area contributed by atoms with Crippen LogP contribution >= 0.6 is 23.2 Å². The van der Waals surface area contributed by atoms with Crippen LogP contribution < -0.4 is 0 Å². The monoisotopic (exact) mass is 301 g/mol. The van der Waals surface area contributed by atoms with Crippen molar-refractivity contribution < 1.29 is 14.7 Å². The summed E-state index contributed by atoms with van der Waals surface area (Å²) in [7, 11) is 0. The zero-order valence-electron chi connectivity index (χ0n) is 10.3. The SMILES string of the molecule is CCN1C(=O)CC(C(=O)O)C1c1c(Cl)cccc1Cl. The van der Waals surface area contributed by atoms with E-state index in [-0.39, 0.29) is 12.3 Å². The summed E-state index contributed by atoms with van der Waals surface area (Å²) in [5, 5.41) is 10.1. The number of carboxylic acid groups (broad SMARTS) is 1. The van der Waals surface area contributed by atoms with Gasteiger partial charge >= 0.3 is 5.97 Å². The van der Waals surface area contributed by atoms with E-state index in [0.717, 1.165) is 0 Å². The molecule has 19 heavy (non-hydrogen) atoms. The van der Waals surface area contributed by atoms with E-state index in [9.17, 15) is 14.7 Å². The van der Waals surface area contributed by atoms with Crippen LogP contribution in [0.4, 0.5) is 0 Å². The summed E-state index contributed by atoms with van der Waals surface area (Å²) in [4.78, 5) is 24.8. The van der Waals surface area contributed by atoms with Gasteiger partial charge in [-0.15, -0.1) is 0 Å². The van der Waals surface area contributed by atoms with Gasteiger partial charge < -0.3 is 10.0 Å². The van der Waals surface area contributed by atoms with Crippen molar-refractivity contribution in [3.63, 3.8) is 0 Å². The first-order valence-electron chi connectivity index (χ1n) is 5.93. The predicted molar refractivity (Wildman–Crippen MR) is 72.3 cm³/mol. The molecule has 6 heteroatoms. The van der Waals surface area contributed by atoms with Gasteiger partial charge in [0.25, 0.3) is 0 Å². The first-order valence-corrected chi connectivity index (χ1v) is 6.69. The summed E-state index contributed by atoms with van der Waals surface area (Å²) >= 11 is 12.3. The van der Waals surface area contributed by atoms with Crippen LogP contribution in [0.15, 0.2) is 18.2 Å². The number of hydrogen-bond acceptors (Lipinski definition) is 2. The number of likely N-dealkylation sites (tertiary alicyclic amines) is 1. The van der Waals surface area contributed by atoms with E-state index in [2.05, 4.69) is 0 Å². The van der Waals surface area contributed by atoms with Gasteiger partial charge in [0.15, 0.2) is 0 Å². The molecule has 102 valence electrons. The Hall–Kier alpha value is -1.26. The summed E-state index contributed by atoms with van der Waals surface area (Å²) in [6.45, 7) is 2.23. The van der Waals surface area contributed by atoms with Crippen LogP contribution in [0.3, 0.4) is 0 Å². The summed E-state index contributed by atoms with van der Waals surface area (Å²) in [6.07, 6.45) is -0.0185. The van der Waals surface area contributed by atoms with Crippen LogP contribution in [-0.2, 0) is 9.59 Å². The molecule has 1 aliphatic rings. The Balaban J connectivity index is 2.55. The highest BCUT2D eigenvalue weighted by Gasteiger charge is 2.45. The van der Waals surface area contributed by atoms with Gasteiger partial charge in [-0.1, -0.05) is 29.3 Å². The number of halogens is 2. The third kappa shape index (κ3) is 2.42. The molecule has 0 radical (unpaired) electrons.